The van der Waals surface area contributed by atoms with Gasteiger partial charge in [0.25, 0.3) is 0 Å². The number of hydrogen-bond donors (Lipinski definition) is 1. The van der Waals surface area contributed by atoms with Gasteiger partial charge in [0.05, 0.1) is 6.04 Å². The van der Waals surface area contributed by atoms with Crippen LogP contribution in [0.15, 0.2) is 78.2 Å². The maximum absolute atomic E-state index is 12.8. The molecule has 0 aliphatic carbocycles. The highest BCUT2D eigenvalue weighted by atomic mass is 32.1. The summed E-state index contributed by atoms with van der Waals surface area (Å²) >= 11 is 1.68. The monoisotopic (exact) mass is 321 g/mol. The fourth-order valence-corrected chi connectivity index (χ4v) is 3.52. The summed E-state index contributed by atoms with van der Waals surface area (Å²) in [5, 5.41) is 5.57. The summed E-state index contributed by atoms with van der Waals surface area (Å²) in [5.74, 6) is 0.00341. The van der Waals surface area contributed by atoms with Crippen LogP contribution in [0.2, 0.25) is 0 Å². The molecule has 23 heavy (non-hydrogen) atoms. The van der Waals surface area contributed by atoms with Crippen molar-refractivity contribution in [3.8, 4) is 0 Å². The molecule has 0 radical (unpaired) electrons. The number of rotatable bonds is 6. The second-order valence-electron chi connectivity index (χ2n) is 5.52. The Morgan fingerprint density at radius 1 is 0.913 bits per heavy atom. The lowest BCUT2D eigenvalue weighted by Crippen LogP contribution is -2.25. The third kappa shape index (κ3) is 3.69. The van der Waals surface area contributed by atoms with Crippen molar-refractivity contribution in [2.24, 2.45) is 5.92 Å². The highest BCUT2D eigenvalue weighted by molar-refractivity contribution is 7.10. The van der Waals surface area contributed by atoms with E-state index in [1.165, 1.54) is 4.88 Å². The van der Waals surface area contributed by atoms with Gasteiger partial charge in [0, 0.05) is 22.0 Å². The van der Waals surface area contributed by atoms with Crippen LogP contribution in [-0.2, 0) is 0 Å². The summed E-state index contributed by atoms with van der Waals surface area (Å²) in [6.45, 7) is 2.00. The first-order valence-electron chi connectivity index (χ1n) is 7.70. The van der Waals surface area contributed by atoms with Gasteiger partial charge in [-0.15, -0.1) is 11.3 Å². The molecule has 2 nitrogen and oxygen atoms in total. The SMILES string of the molecule is CC(C(=O)c1ccccc1)C(Nc1ccccc1)c1cccs1. The molecule has 116 valence electrons. The molecule has 1 N–H and O–H groups in total. The van der Waals surface area contributed by atoms with E-state index in [0.29, 0.717) is 0 Å². The third-order valence-electron chi connectivity index (χ3n) is 3.92. The Kier molecular flexibility index (Phi) is 4.89. The van der Waals surface area contributed by atoms with Crippen molar-refractivity contribution < 1.29 is 4.79 Å². The van der Waals surface area contributed by atoms with Gasteiger partial charge < -0.3 is 5.32 Å². The number of carbonyl (C=O) groups excluding carboxylic acids is 1. The van der Waals surface area contributed by atoms with E-state index in [-0.39, 0.29) is 17.7 Å². The van der Waals surface area contributed by atoms with Gasteiger partial charge in [0.15, 0.2) is 5.78 Å². The number of nitrogens with one attached hydrogen (secondary N) is 1. The predicted molar refractivity (Wildman–Crippen MR) is 97.1 cm³/mol. The Bertz CT molecular complexity index is 738. The van der Waals surface area contributed by atoms with Gasteiger partial charge >= 0.3 is 0 Å². The highest BCUT2D eigenvalue weighted by Crippen LogP contribution is 2.31. The van der Waals surface area contributed by atoms with Crippen LogP contribution in [0.5, 0.6) is 0 Å². The van der Waals surface area contributed by atoms with Crippen LogP contribution in [0, 0.1) is 5.92 Å². The molecule has 0 saturated heterocycles. The van der Waals surface area contributed by atoms with Crippen LogP contribution < -0.4 is 5.32 Å². The molecule has 0 saturated carbocycles. The quantitative estimate of drug-likeness (QED) is 0.614. The Morgan fingerprint density at radius 3 is 2.17 bits per heavy atom. The molecule has 2 aromatic carbocycles. The summed E-state index contributed by atoms with van der Waals surface area (Å²) in [6.07, 6.45) is 0. The van der Waals surface area contributed by atoms with Crippen molar-refractivity contribution in [1.29, 1.82) is 0 Å². The number of Topliss-reactive ketones (excluding diaryl/α,β-unsaturated/α-hetero) is 1. The Morgan fingerprint density at radius 2 is 1.57 bits per heavy atom. The number of benzene rings is 2. The van der Waals surface area contributed by atoms with Crippen LogP contribution in [0.4, 0.5) is 5.69 Å². The number of anilines is 1. The van der Waals surface area contributed by atoms with Gasteiger partial charge in [-0.2, -0.15) is 0 Å². The molecule has 1 aromatic heterocycles. The van der Waals surface area contributed by atoms with E-state index in [1.54, 1.807) is 11.3 Å². The average Bonchev–Trinajstić information content (AvgIpc) is 3.14. The van der Waals surface area contributed by atoms with Gasteiger partial charge in [-0.1, -0.05) is 61.5 Å². The second kappa shape index (κ2) is 7.25. The summed E-state index contributed by atoms with van der Waals surface area (Å²) in [5.41, 5.74) is 1.79. The Hall–Kier alpha value is -2.39. The molecule has 0 fully saturated rings. The standard InChI is InChI=1S/C20H19NOS/c1-15(20(22)16-9-4-2-5-10-16)19(18-13-8-14-23-18)21-17-11-6-3-7-12-17/h2-15,19,21H,1H3. The zero-order valence-corrected chi connectivity index (χ0v) is 13.8. The third-order valence-corrected chi connectivity index (χ3v) is 4.87. The Balaban J connectivity index is 1.87. The maximum Gasteiger partial charge on any atom is 0.168 e. The van der Waals surface area contributed by atoms with Gasteiger partial charge in [0.1, 0.15) is 0 Å². The maximum atomic E-state index is 12.8. The van der Waals surface area contributed by atoms with Crippen molar-refractivity contribution in [1.82, 2.24) is 0 Å². The largest absolute Gasteiger partial charge is 0.377 e. The smallest absolute Gasteiger partial charge is 0.168 e. The molecule has 3 aromatic rings. The zero-order valence-electron chi connectivity index (χ0n) is 13.0. The first-order valence-corrected chi connectivity index (χ1v) is 8.58. The number of ketones is 1. The molecular weight excluding hydrogens is 302 g/mol. The topological polar surface area (TPSA) is 29.1 Å². The zero-order chi connectivity index (χ0) is 16.1. The van der Waals surface area contributed by atoms with Crippen molar-refractivity contribution >= 4 is 22.8 Å². The van der Waals surface area contributed by atoms with Gasteiger partial charge in [-0.3, -0.25) is 4.79 Å². The van der Waals surface area contributed by atoms with Crippen LogP contribution in [0.3, 0.4) is 0 Å². The summed E-state index contributed by atoms with van der Waals surface area (Å²) in [6, 6.07) is 23.6. The lowest BCUT2D eigenvalue weighted by atomic mass is 9.91. The predicted octanol–water partition coefficient (Wildman–Crippen LogP) is 5.42. The molecule has 1 heterocycles. The molecular formula is C20H19NOS. The first-order chi connectivity index (χ1) is 11.3. The lowest BCUT2D eigenvalue weighted by molar-refractivity contribution is 0.0918. The van der Waals surface area contributed by atoms with Gasteiger partial charge in [-0.25, -0.2) is 0 Å². The van der Waals surface area contributed by atoms with Gasteiger partial charge in [-0.05, 0) is 23.6 Å². The lowest BCUT2D eigenvalue weighted by Gasteiger charge is -2.24. The molecule has 0 aliphatic rings. The minimum Gasteiger partial charge on any atom is -0.377 e. The van der Waals surface area contributed by atoms with E-state index in [4.69, 9.17) is 0 Å². The van der Waals surface area contributed by atoms with Gasteiger partial charge in [0.2, 0.25) is 0 Å². The molecule has 3 rings (SSSR count). The van der Waals surface area contributed by atoms with E-state index in [0.717, 1.165) is 11.3 Å². The highest BCUT2D eigenvalue weighted by Gasteiger charge is 2.27. The fraction of sp³-hybridized carbons (Fsp3) is 0.150. The molecule has 0 bridgehead atoms. The van der Waals surface area contributed by atoms with Crippen LogP contribution in [0.25, 0.3) is 0 Å². The average molecular weight is 321 g/mol. The Labute approximate surface area is 140 Å². The van der Waals surface area contributed by atoms with E-state index < -0.39 is 0 Å². The summed E-state index contributed by atoms with van der Waals surface area (Å²) < 4.78 is 0. The van der Waals surface area contributed by atoms with E-state index >= 15 is 0 Å². The second-order valence-corrected chi connectivity index (χ2v) is 6.50. The summed E-state index contributed by atoms with van der Waals surface area (Å²) in [7, 11) is 0. The number of thiophene rings is 1. The van der Waals surface area contributed by atoms with E-state index in [9.17, 15) is 4.79 Å². The minimum atomic E-state index is -0.156. The number of carbonyl (C=O) groups is 1. The van der Waals surface area contributed by atoms with Crippen LogP contribution >= 0.6 is 11.3 Å². The number of para-hydroxylation sites is 1. The fourth-order valence-electron chi connectivity index (χ4n) is 2.64. The number of hydrogen-bond acceptors (Lipinski definition) is 3. The summed E-state index contributed by atoms with van der Waals surface area (Å²) in [4.78, 5) is 14.0. The molecule has 0 aliphatic heterocycles. The molecule has 2 atom stereocenters. The van der Waals surface area contributed by atoms with Crippen molar-refractivity contribution in [2.45, 2.75) is 13.0 Å². The van der Waals surface area contributed by atoms with Crippen molar-refractivity contribution in [2.75, 3.05) is 5.32 Å². The normalized spacial score (nSPS) is 13.3. The molecule has 0 amide bonds. The van der Waals surface area contributed by atoms with E-state index in [2.05, 4.69) is 16.8 Å². The molecule has 0 spiro atoms. The van der Waals surface area contributed by atoms with Crippen molar-refractivity contribution in [3.05, 3.63) is 88.6 Å². The first kappa shape index (κ1) is 15.5. The van der Waals surface area contributed by atoms with E-state index in [1.807, 2.05) is 73.7 Å². The van der Waals surface area contributed by atoms with Crippen LogP contribution in [-0.4, -0.2) is 5.78 Å². The molecule has 2 unspecified atom stereocenters. The van der Waals surface area contributed by atoms with Crippen molar-refractivity contribution in [3.63, 3.8) is 0 Å². The molecule has 3 heteroatoms. The minimum absolute atomic E-state index is 0.0369. The van der Waals surface area contributed by atoms with Crippen LogP contribution in [0.1, 0.15) is 28.2 Å².